The molecule has 0 spiro atoms. The van der Waals surface area contributed by atoms with Gasteiger partial charge in [0.15, 0.2) is 5.82 Å². The van der Waals surface area contributed by atoms with Gasteiger partial charge in [-0.25, -0.2) is 4.98 Å². The average molecular weight is 395 g/mol. The van der Waals surface area contributed by atoms with Crippen molar-refractivity contribution in [3.8, 4) is 0 Å². The van der Waals surface area contributed by atoms with E-state index in [2.05, 4.69) is 39.2 Å². The lowest BCUT2D eigenvalue weighted by atomic mass is 10.0. The van der Waals surface area contributed by atoms with Gasteiger partial charge >= 0.3 is 0 Å². The lowest BCUT2D eigenvalue weighted by molar-refractivity contribution is -0.125. The Hall–Kier alpha value is -2.93. The van der Waals surface area contributed by atoms with Crippen molar-refractivity contribution in [2.45, 2.75) is 19.3 Å². The maximum atomic E-state index is 12.5. The highest BCUT2D eigenvalue weighted by Crippen LogP contribution is 2.23. The van der Waals surface area contributed by atoms with E-state index in [1.54, 1.807) is 29.7 Å². The number of carbonyl (C=O) groups excluding carboxylic acids is 2. The van der Waals surface area contributed by atoms with Crippen LogP contribution in [0.15, 0.2) is 47.5 Å². The van der Waals surface area contributed by atoms with Crippen LogP contribution in [0.25, 0.3) is 6.08 Å². The summed E-state index contributed by atoms with van der Waals surface area (Å²) in [5, 5.41) is 8.05. The first-order valence-corrected chi connectivity index (χ1v) is 10.3. The Morgan fingerprint density at radius 3 is 3.07 bits per heavy atom. The minimum atomic E-state index is -0.0474. The van der Waals surface area contributed by atoms with Gasteiger partial charge in [0.25, 0.3) is 0 Å². The van der Waals surface area contributed by atoms with Gasteiger partial charge in [0.1, 0.15) is 0 Å². The number of pyridine rings is 1. The molecular weight excluding hydrogens is 372 g/mol. The van der Waals surface area contributed by atoms with E-state index in [0.29, 0.717) is 25.3 Å². The van der Waals surface area contributed by atoms with Crippen LogP contribution in [0.1, 0.15) is 23.3 Å². The minimum Gasteiger partial charge on any atom is -0.382 e. The normalized spacial score (nSPS) is 16.8. The average Bonchev–Trinajstić information content (AvgIpc) is 3.14. The molecule has 0 radical (unpaired) electrons. The summed E-state index contributed by atoms with van der Waals surface area (Å²) in [6.07, 6.45) is 9.51. The van der Waals surface area contributed by atoms with Crippen LogP contribution < -0.4 is 10.6 Å². The van der Waals surface area contributed by atoms with E-state index >= 15 is 0 Å². The lowest BCUT2D eigenvalue weighted by Crippen LogP contribution is -2.33. The SMILES string of the molecule is O=C1CCNc2cc(/C=C/C(=O)N3CC=C(Cc4cccs4)CC3)cnc2N1. The van der Waals surface area contributed by atoms with E-state index in [1.807, 2.05) is 11.0 Å². The second-order valence-corrected chi connectivity index (χ2v) is 7.91. The first-order valence-electron chi connectivity index (χ1n) is 9.38. The predicted molar refractivity (Wildman–Crippen MR) is 112 cm³/mol. The summed E-state index contributed by atoms with van der Waals surface area (Å²) in [4.78, 5) is 31.6. The number of amides is 2. The Balaban J connectivity index is 1.36. The van der Waals surface area contributed by atoms with E-state index in [0.717, 1.165) is 30.6 Å². The van der Waals surface area contributed by atoms with Gasteiger partial charge in [-0.15, -0.1) is 11.3 Å². The quantitative estimate of drug-likeness (QED) is 0.616. The molecule has 4 rings (SSSR count). The molecule has 4 heterocycles. The molecule has 0 aliphatic carbocycles. The molecule has 2 aromatic rings. The van der Waals surface area contributed by atoms with Crippen LogP contribution in [0, 0.1) is 0 Å². The standard InChI is InChI=1S/C21H22N4O2S/c26-19-5-8-22-18-13-16(14-23-21(18)24-19)3-4-20(27)25-9-6-15(7-10-25)12-17-2-1-11-28-17/h1-4,6,11,13-14,22H,5,7-10,12H2,(H,23,24,26)/b4-3+. The van der Waals surface area contributed by atoms with Crippen molar-refractivity contribution in [2.75, 3.05) is 30.3 Å². The van der Waals surface area contributed by atoms with Crippen LogP contribution in [0.5, 0.6) is 0 Å². The predicted octanol–water partition coefficient (Wildman–Crippen LogP) is 3.31. The van der Waals surface area contributed by atoms with Gasteiger partial charge in [0.2, 0.25) is 11.8 Å². The summed E-state index contributed by atoms with van der Waals surface area (Å²) < 4.78 is 0. The zero-order valence-electron chi connectivity index (χ0n) is 15.5. The molecule has 2 aromatic heterocycles. The molecule has 7 heteroatoms. The van der Waals surface area contributed by atoms with Gasteiger partial charge in [-0.1, -0.05) is 17.7 Å². The van der Waals surface area contributed by atoms with Crippen molar-refractivity contribution in [3.05, 3.63) is 57.9 Å². The maximum absolute atomic E-state index is 12.5. The molecule has 0 bridgehead atoms. The number of aromatic nitrogens is 1. The Morgan fingerprint density at radius 2 is 2.29 bits per heavy atom. The molecule has 0 saturated heterocycles. The number of rotatable bonds is 4. The molecule has 2 amide bonds. The number of carbonyl (C=O) groups is 2. The van der Waals surface area contributed by atoms with Crippen molar-refractivity contribution in [2.24, 2.45) is 0 Å². The molecule has 0 atom stereocenters. The molecular formula is C21H22N4O2S. The summed E-state index contributed by atoms with van der Waals surface area (Å²) in [7, 11) is 0. The molecule has 0 fully saturated rings. The number of thiophene rings is 1. The largest absolute Gasteiger partial charge is 0.382 e. The van der Waals surface area contributed by atoms with Gasteiger partial charge < -0.3 is 15.5 Å². The number of nitrogens with one attached hydrogen (secondary N) is 2. The third-order valence-electron chi connectivity index (χ3n) is 4.85. The lowest BCUT2D eigenvalue weighted by Gasteiger charge is -2.25. The molecule has 0 unspecified atom stereocenters. The summed E-state index contributed by atoms with van der Waals surface area (Å²) >= 11 is 1.77. The Labute approximate surface area is 168 Å². The summed E-state index contributed by atoms with van der Waals surface area (Å²) in [6, 6.07) is 6.12. The van der Waals surface area contributed by atoms with Crippen molar-refractivity contribution in [1.29, 1.82) is 0 Å². The highest BCUT2D eigenvalue weighted by Gasteiger charge is 2.16. The topological polar surface area (TPSA) is 74.3 Å². The highest BCUT2D eigenvalue weighted by molar-refractivity contribution is 7.09. The van der Waals surface area contributed by atoms with Crippen molar-refractivity contribution >= 4 is 40.7 Å². The number of hydrogen-bond acceptors (Lipinski definition) is 5. The van der Waals surface area contributed by atoms with E-state index in [9.17, 15) is 9.59 Å². The summed E-state index contributed by atoms with van der Waals surface area (Å²) in [6.45, 7) is 1.97. The first-order chi connectivity index (χ1) is 13.7. The van der Waals surface area contributed by atoms with Gasteiger partial charge in [-0.3, -0.25) is 9.59 Å². The fourth-order valence-electron chi connectivity index (χ4n) is 3.29. The van der Waals surface area contributed by atoms with Gasteiger partial charge in [0.05, 0.1) is 5.69 Å². The second kappa shape index (κ2) is 8.39. The van der Waals surface area contributed by atoms with Crippen LogP contribution in [-0.2, 0) is 16.0 Å². The smallest absolute Gasteiger partial charge is 0.246 e. The Kier molecular flexibility index (Phi) is 5.53. The molecule has 144 valence electrons. The molecule has 2 aliphatic heterocycles. The Bertz CT molecular complexity index is 934. The molecule has 28 heavy (non-hydrogen) atoms. The fourth-order valence-corrected chi connectivity index (χ4v) is 4.05. The first kappa shape index (κ1) is 18.4. The van der Waals surface area contributed by atoms with Crippen LogP contribution in [0.2, 0.25) is 0 Å². The van der Waals surface area contributed by atoms with Crippen LogP contribution in [-0.4, -0.2) is 41.3 Å². The second-order valence-electron chi connectivity index (χ2n) is 6.88. The van der Waals surface area contributed by atoms with E-state index in [4.69, 9.17) is 0 Å². The van der Waals surface area contributed by atoms with E-state index in [-0.39, 0.29) is 11.8 Å². The number of anilines is 2. The van der Waals surface area contributed by atoms with E-state index in [1.165, 1.54) is 10.5 Å². The van der Waals surface area contributed by atoms with Crippen LogP contribution >= 0.6 is 11.3 Å². The van der Waals surface area contributed by atoms with Crippen molar-refractivity contribution in [1.82, 2.24) is 9.88 Å². The van der Waals surface area contributed by atoms with E-state index < -0.39 is 0 Å². The summed E-state index contributed by atoms with van der Waals surface area (Å²) in [5.74, 6) is 0.488. The maximum Gasteiger partial charge on any atom is 0.246 e. The molecule has 2 aliphatic rings. The van der Waals surface area contributed by atoms with Crippen molar-refractivity contribution in [3.63, 3.8) is 0 Å². The van der Waals surface area contributed by atoms with Gasteiger partial charge in [-0.05, 0) is 35.6 Å². The van der Waals surface area contributed by atoms with Gasteiger partial charge in [0, 0.05) is 49.6 Å². The van der Waals surface area contributed by atoms with Crippen molar-refractivity contribution < 1.29 is 9.59 Å². The number of nitrogens with zero attached hydrogens (tertiary/aromatic N) is 2. The van der Waals surface area contributed by atoms with Crippen LogP contribution in [0.4, 0.5) is 11.5 Å². The third kappa shape index (κ3) is 4.48. The molecule has 2 N–H and O–H groups in total. The van der Waals surface area contributed by atoms with Crippen LogP contribution in [0.3, 0.4) is 0 Å². The number of hydrogen-bond donors (Lipinski definition) is 2. The third-order valence-corrected chi connectivity index (χ3v) is 5.73. The number of fused-ring (bicyclic) bond motifs is 1. The fraction of sp³-hybridized carbons (Fsp3) is 0.286. The molecule has 0 aromatic carbocycles. The molecule has 0 saturated carbocycles. The minimum absolute atomic E-state index is 0.00243. The van der Waals surface area contributed by atoms with Gasteiger partial charge in [-0.2, -0.15) is 0 Å². The highest BCUT2D eigenvalue weighted by atomic mass is 32.1. The monoisotopic (exact) mass is 394 g/mol. The Morgan fingerprint density at radius 1 is 1.36 bits per heavy atom. The molecule has 6 nitrogen and oxygen atoms in total. The summed E-state index contributed by atoms with van der Waals surface area (Å²) in [5.41, 5.74) is 3.00. The zero-order valence-corrected chi connectivity index (χ0v) is 16.3. The zero-order chi connectivity index (χ0) is 19.3.